The van der Waals surface area contributed by atoms with E-state index >= 15 is 0 Å². The van der Waals surface area contributed by atoms with E-state index in [1.807, 2.05) is 24.8 Å². The first-order chi connectivity index (χ1) is 6.61. The average Bonchev–Trinajstić information content (AvgIpc) is 2.19. The number of nitrogen functional groups attached to an aromatic ring is 1. The Morgan fingerprint density at radius 1 is 1.29 bits per heavy atom. The molecule has 78 valence electrons. The molecule has 0 bridgehead atoms. The van der Waals surface area contributed by atoms with Crippen LogP contribution in [-0.4, -0.2) is 13.1 Å². The minimum atomic E-state index is -0.297. The van der Waals surface area contributed by atoms with Gasteiger partial charge < -0.3 is 10.6 Å². The first kappa shape index (κ1) is 10.8. The maximum Gasteiger partial charge on any atom is 0.151 e. The second kappa shape index (κ2) is 4.31. The van der Waals surface area contributed by atoms with Crippen LogP contribution in [0.3, 0.4) is 0 Å². The Hall–Kier alpha value is -1.25. The number of anilines is 2. The Labute approximate surface area is 84.5 Å². The van der Waals surface area contributed by atoms with Gasteiger partial charge in [0.25, 0.3) is 0 Å². The van der Waals surface area contributed by atoms with Crippen molar-refractivity contribution in [2.45, 2.75) is 20.8 Å². The van der Waals surface area contributed by atoms with E-state index in [2.05, 4.69) is 0 Å². The molecule has 1 rings (SSSR count). The molecule has 0 aliphatic heterocycles. The van der Waals surface area contributed by atoms with Gasteiger partial charge in [-0.2, -0.15) is 0 Å². The van der Waals surface area contributed by atoms with Crippen LogP contribution in [0.25, 0.3) is 0 Å². The predicted octanol–water partition coefficient (Wildman–Crippen LogP) is 2.56. The zero-order valence-corrected chi connectivity index (χ0v) is 8.97. The zero-order valence-electron chi connectivity index (χ0n) is 8.97. The fourth-order valence-corrected chi connectivity index (χ4v) is 1.53. The third-order valence-corrected chi connectivity index (χ3v) is 2.45. The van der Waals surface area contributed by atoms with Crippen LogP contribution in [0.4, 0.5) is 15.8 Å². The van der Waals surface area contributed by atoms with Crippen molar-refractivity contribution in [1.82, 2.24) is 0 Å². The summed E-state index contributed by atoms with van der Waals surface area (Å²) in [6, 6.07) is 3.64. The van der Waals surface area contributed by atoms with E-state index in [1.165, 1.54) is 0 Å². The first-order valence-corrected chi connectivity index (χ1v) is 4.91. The molecule has 1 aromatic carbocycles. The highest BCUT2D eigenvalue weighted by atomic mass is 19.1. The highest BCUT2D eigenvalue weighted by molar-refractivity contribution is 5.69. The molecule has 0 saturated carbocycles. The molecule has 0 spiro atoms. The summed E-state index contributed by atoms with van der Waals surface area (Å²) in [5.41, 5.74) is 7.36. The lowest BCUT2D eigenvalue weighted by Gasteiger charge is -2.23. The fraction of sp³-hybridized carbons (Fsp3) is 0.455. The fourth-order valence-electron chi connectivity index (χ4n) is 1.53. The maximum absolute atomic E-state index is 13.5. The molecule has 0 radical (unpaired) electrons. The summed E-state index contributed by atoms with van der Waals surface area (Å²) < 4.78 is 13.5. The van der Waals surface area contributed by atoms with E-state index in [1.54, 1.807) is 13.0 Å². The minimum absolute atomic E-state index is 0.258. The number of hydrogen-bond donors (Lipinski definition) is 1. The van der Waals surface area contributed by atoms with Gasteiger partial charge in [-0.25, -0.2) is 4.39 Å². The second-order valence-electron chi connectivity index (χ2n) is 3.30. The van der Waals surface area contributed by atoms with Crippen LogP contribution >= 0.6 is 0 Å². The molecule has 0 heterocycles. The van der Waals surface area contributed by atoms with Crippen molar-refractivity contribution >= 4 is 11.4 Å². The Morgan fingerprint density at radius 3 is 2.36 bits per heavy atom. The average molecular weight is 196 g/mol. The van der Waals surface area contributed by atoms with Crippen LogP contribution in [0.15, 0.2) is 12.1 Å². The quantitative estimate of drug-likeness (QED) is 0.753. The second-order valence-corrected chi connectivity index (χ2v) is 3.30. The molecule has 0 fully saturated rings. The highest BCUT2D eigenvalue weighted by Crippen LogP contribution is 2.27. The standard InChI is InChI=1S/C11H17FN2/c1-4-14(5-2)9-7-6-8(3)10(12)11(9)13/h6-7H,4-5,13H2,1-3H3. The third-order valence-electron chi connectivity index (χ3n) is 2.45. The number of hydrogen-bond acceptors (Lipinski definition) is 2. The summed E-state index contributed by atoms with van der Waals surface area (Å²) in [6.45, 7) is 7.45. The highest BCUT2D eigenvalue weighted by Gasteiger charge is 2.11. The number of halogens is 1. The van der Waals surface area contributed by atoms with E-state index in [4.69, 9.17) is 5.73 Å². The number of aryl methyl sites for hydroxylation is 1. The summed E-state index contributed by atoms with van der Waals surface area (Å²) in [5.74, 6) is -0.297. The number of nitrogens with two attached hydrogens (primary N) is 1. The predicted molar refractivity (Wildman–Crippen MR) is 59.1 cm³/mol. The van der Waals surface area contributed by atoms with Crippen molar-refractivity contribution in [1.29, 1.82) is 0 Å². The monoisotopic (exact) mass is 196 g/mol. The van der Waals surface area contributed by atoms with Gasteiger partial charge in [0.05, 0.1) is 11.4 Å². The van der Waals surface area contributed by atoms with Gasteiger partial charge in [-0.3, -0.25) is 0 Å². The normalized spacial score (nSPS) is 10.3. The number of rotatable bonds is 3. The van der Waals surface area contributed by atoms with E-state index in [0.717, 1.165) is 18.8 Å². The molecule has 0 aliphatic rings. The van der Waals surface area contributed by atoms with Crippen LogP contribution in [-0.2, 0) is 0 Å². The Balaban J connectivity index is 3.16. The molecule has 1 aromatic rings. The lowest BCUT2D eigenvalue weighted by Crippen LogP contribution is -2.23. The Kier molecular flexibility index (Phi) is 3.33. The number of nitrogens with zero attached hydrogens (tertiary/aromatic N) is 1. The lowest BCUT2D eigenvalue weighted by atomic mass is 10.1. The van der Waals surface area contributed by atoms with Gasteiger partial charge in [-0.05, 0) is 32.4 Å². The molecule has 2 nitrogen and oxygen atoms in total. The summed E-state index contributed by atoms with van der Waals surface area (Å²) in [6.07, 6.45) is 0. The molecule has 14 heavy (non-hydrogen) atoms. The van der Waals surface area contributed by atoms with Crippen molar-refractivity contribution in [3.63, 3.8) is 0 Å². The topological polar surface area (TPSA) is 29.3 Å². The summed E-state index contributed by atoms with van der Waals surface area (Å²) in [4.78, 5) is 2.04. The largest absolute Gasteiger partial charge is 0.395 e. The summed E-state index contributed by atoms with van der Waals surface area (Å²) in [5, 5.41) is 0. The molecule has 0 unspecified atom stereocenters. The van der Waals surface area contributed by atoms with Gasteiger partial charge in [0.2, 0.25) is 0 Å². The van der Waals surface area contributed by atoms with Crippen LogP contribution < -0.4 is 10.6 Å². The molecule has 0 saturated heterocycles. The number of benzene rings is 1. The summed E-state index contributed by atoms with van der Waals surface area (Å²) in [7, 11) is 0. The van der Waals surface area contributed by atoms with Gasteiger partial charge in [-0.15, -0.1) is 0 Å². The van der Waals surface area contributed by atoms with Gasteiger partial charge >= 0.3 is 0 Å². The first-order valence-electron chi connectivity index (χ1n) is 4.91. The molecule has 2 N–H and O–H groups in total. The van der Waals surface area contributed by atoms with E-state index in [0.29, 0.717) is 5.56 Å². The smallest absolute Gasteiger partial charge is 0.151 e. The van der Waals surface area contributed by atoms with Crippen molar-refractivity contribution < 1.29 is 4.39 Å². The van der Waals surface area contributed by atoms with Crippen molar-refractivity contribution in [3.8, 4) is 0 Å². The van der Waals surface area contributed by atoms with Crippen LogP contribution in [0, 0.1) is 12.7 Å². The SMILES string of the molecule is CCN(CC)c1ccc(C)c(F)c1N. The van der Waals surface area contributed by atoms with Crippen molar-refractivity contribution in [2.75, 3.05) is 23.7 Å². The Morgan fingerprint density at radius 2 is 1.86 bits per heavy atom. The molecular formula is C11H17FN2. The van der Waals surface area contributed by atoms with E-state index in [9.17, 15) is 4.39 Å². The molecule has 0 aliphatic carbocycles. The van der Waals surface area contributed by atoms with E-state index < -0.39 is 0 Å². The van der Waals surface area contributed by atoms with Crippen molar-refractivity contribution in [3.05, 3.63) is 23.5 Å². The van der Waals surface area contributed by atoms with Gasteiger partial charge in [-0.1, -0.05) is 6.07 Å². The lowest BCUT2D eigenvalue weighted by molar-refractivity contribution is 0.622. The van der Waals surface area contributed by atoms with E-state index in [-0.39, 0.29) is 11.5 Å². The minimum Gasteiger partial charge on any atom is -0.395 e. The molecule has 0 atom stereocenters. The van der Waals surface area contributed by atoms with Gasteiger partial charge in [0.15, 0.2) is 5.82 Å². The van der Waals surface area contributed by atoms with Gasteiger partial charge in [0, 0.05) is 13.1 Å². The molecular weight excluding hydrogens is 179 g/mol. The van der Waals surface area contributed by atoms with Crippen LogP contribution in [0.1, 0.15) is 19.4 Å². The molecule has 0 aromatic heterocycles. The molecule has 0 amide bonds. The van der Waals surface area contributed by atoms with Crippen molar-refractivity contribution in [2.24, 2.45) is 0 Å². The Bertz CT molecular complexity index is 319. The van der Waals surface area contributed by atoms with Gasteiger partial charge in [0.1, 0.15) is 0 Å². The zero-order chi connectivity index (χ0) is 10.7. The summed E-state index contributed by atoms with van der Waals surface area (Å²) >= 11 is 0. The molecule has 3 heteroatoms. The third kappa shape index (κ3) is 1.81. The van der Waals surface area contributed by atoms with Crippen LogP contribution in [0.5, 0.6) is 0 Å². The maximum atomic E-state index is 13.5. The van der Waals surface area contributed by atoms with Crippen LogP contribution in [0.2, 0.25) is 0 Å².